The lowest BCUT2D eigenvalue weighted by molar-refractivity contribution is 0.0897. The van der Waals surface area contributed by atoms with Gasteiger partial charge in [0.15, 0.2) is 0 Å². The number of nitrogens with one attached hydrogen (secondary N) is 1. The molecule has 5 nitrogen and oxygen atoms in total. The second-order valence-corrected chi connectivity index (χ2v) is 6.70. The van der Waals surface area contributed by atoms with Crippen LogP contribution < -0.4 is 10.2 Å². The number of aliphatic hydroxyl groups is 1. The zero-order chi connectivity index (χ0) is 16.8. The molecular weight excluding hydrogens is 278 g/mol. The maximum absolute atomic E-state index is 12.2. The van der Waals surface area contributed by atoms with Crippen LogP contribution in [-0.4, -0.2) is 41.7 Å². The first kappa shape index (κ1) is 18.4. The van der Waals surface area contributed by atoms with Crippen LogP contribution in [-0.2, 0) is 0 Å². The molecule has 22 heavy (non-hydrogen) atoms. The zero-order valence-electron chi connectivity index (χ0n) is 14.4. The number of amides is 1. The minimum Gasteiger partial charge on any atom is -0.394 e. The standard InChI is InChI=1S/C17H29N3O2/c1-6-20(7-2)15-9-8-13(11-18-15)16(22)19-14(12-21)10-17(3,4)5/h8-9,11,14,21H,6-7,10,12H2,1-5H3,(H,19,22). The summed E-state index contributed by atoms with van der Waals surface area (Å²) in [5, 5.41) is 12.3. The van der Waals surface area contributed by atoms with Crippen LogP contribution in [0.5, 0.6) is 0 Å². The lowest BCUT2D eigenvalue weighted by Crippen LogP contribution is -2.40. The van der Waals surface area contributed by atoms with Gasteiger partial charge in [-0.05, 0) is 37.8 Å². The Morgan fingerprint density at radius 2 is 1.95 bits per heavy atom. The first-order valence-electron chi connectivity index (χ1n) is 7.93. The third-order valence-corrected chi connectivity index (χ3v) is 3.51. The van der Waals surface area contributed by atoms with Crippen molar-refractivity contribution in [2.75, 3.05) is 24.6 Å². The van der Waals surface area contributed by atoms with E-state index in [2.05, 4.69) is 49.8 Å². The van der Waals surface area contributed by atoms with Crippen molar-refractivity contribution in [3.63, 3.8) is 0 Å². The second-order valence-electron chi connectivity index (χ2n) is 6.70. The number of carbonyl (C=O) groups excluding carboxylic acids is 1. The highest BCUT2D eigenvalue weighted by atomic mass is 16.3. The predicted molar refractivity (Wildman–Crippen MR) is 90.2 cm³/mol. The summed E-state index contributed by atoms with van der Waals surface area (Å²) >= 11 is 0. The summed E-state index contributed by atoms with van der Waals surface area (Å²) in [6.07, 6.45) is 2.31. The number of hydrogen-bond donors (Lipinski definition) is 2. The Hall–Kier alpha value is -1.62. The number of rotatable bonds is 7. The normalized spacial score (nSPS) is 12.8. The third kappa shape index (κ3) is 5.64. The van der Waals surface area contributed by atoms with Crippen molar-refractivity contribution < 1.29 is 9.90 Å². The van der Waals surface area contributed by atoms with E-state index in [0.717, 1.165) is 25.3 Å². The summed E-state index contributed by atoms with van der Waals surface area (Å²) in [6.45, 7) is 12.1. The van der Waals surface area contributed by atoms with Crippen molar-refractivity contribution in [2.45, 2.75) is 47.1 Å². The number of aromatic nitrogens is 1. The van der Waals surface area contributed by atoms with Gasteiger partial charge in [-0.2, -0.15) is 0 Å². The van der Waals surface area contributed by atoms with Crippen LogP contribution in [0.25, 0.3) is 0 Å². The van der Waals surface area contributed by atoms with E-state index in [4.69, 9.17) is 0 Å². The van der Waals surface area contributed by atoms with E-state index in [9.17, 15) is 9.90 Å². The summed E-state index contributed by atoms with van der Waals surface area (Å²) in [6, 6.07) is 3.40. The van der Waals surface area contributed by atoms with Gasteiger partial charge in [0.25, 0.3) is 5.91 Å². The number of hydrogen-bond acceptors (Lipinski definition) is 4. The molecule has 0 saturated carbocycles. The van der Waals surface area contributed by atoms with E-state index in [1.807, 2.05) is 6.07 Å². The van der Waals surface area contributed by atoms with E-state index in [-0.39, 0.29) is 24.0 Å². The zero-order valence-corrected chi connectivity index (χ0v) is 14.4. The highest BCUT2D eigenvalue weighted by Gasteiger charge is 2.20. The molecule has 124 valence electrons. The summed E-state index contributed by atoms with van der Waals surface area (Å²) in [5.41, 5.74) is 0.564. The molecule has 1 amide bonds. The first-order valence-corrected chi connectivity index (χ1v) is 7.93. The molecule has 0 aliphatic heterocycles. The summed E-state index contributed by atoms with van der Waals surface area (Å²) < 4.78 is 0. The van der Waals surface area contributed by atoms with Gasteiger partial charge in [0.2, 0.25) is 0 Å². The van der Waals surface area contributed by atoms with Gasteiger partial charge in [-0.25, -0.2) is 4.98 Å². The Labute approximate surface area is 133 Å². The number of anilines is 1. The molecule has 0 spiro atoms. The Morgan fingerprint density at radius 1 is 1.32 bits per heavy atom. The van der Waals surface area contributed by atoms with Crippen molar-refractivity contribution in [1.82, 2.24) is 10.3 Å². The van der Waals surface area contributed by atoms with Crippen LogP contribution in [0.2, 0.25) is 0 Å². The summed E-state index contributed by atoms with van der Waals surface area (Å²) in [4.78, 5) is 18.7. The van der Waals surface area contributed by atoms with Gasteiger partial charge in [-0.15, -0.1) is 0 Å². The topological polar surface area (TPSA) is 65.5 Å². The SMILES string of the molecule is CCN(CC)c1ccc(C(=O)NC(CO)CC(C)(C)C)cn1. The average molecular weight is 307 g/mol. The number of carbonyl (C=O) groups is 1. The van der Waals surface area contributed by atoms with Crippen molar-refractivity contribution in [3.05, 3.63) is 23.9 Å². The molecule has 0 aromatic carbocycles. The molecule has 0 saturated heterocycles. The smallest absolute Gasteiger partial charge is 0.253 e. The molecule has 1 unspecified atom stereocenters. The van der Waals surface area contributed by atoms with Gasteiger partial charge in [0.05, 0.1) is 18.2 Å². The largest absolute Gasteiger partial charge is 0.394 e. The summed E-state index contributed by atoms with van der Waals surface area (Å²) in [5.74, 6) is 0.678. The molecular formula is C17H29N3O2. The van der Waals surface area contributed by atoms with Gasteiger partial charge in [-0.1, -0.05) is 20.8 Å². The second kappa shape index (κ2) is 8.13. The fourth-order valence-corrected chi connectivity index (χ4v) is 2.42. The van der Waals surface area contributed by atoms with Crippen LogP contribution in [0.4, 0.5) is 5.82 Å². The van der Waals surface area contributed by atoms with Gasteiger partial charge >= 0.3 is 0 Å². The molecule has 5 heteroatoms. The van der Waals surface area contributed by atoms with E-state index in [0.29, 0.717) is 5.56 Å². The van der Waals surface area contributed by atoms with E-state index >= 15 is 0 Å². The predicted octanol–water partition coefficient (Wildman–Crippen LogP) is 2.45. The van der Waals surface area contributed by atoms with Gasteiger partial charge in [0.1, 0.15) is 5.82 Å². The molecule has 0 fully saturated rings. The lowest BCUT2D eigenvalue weighted by Gasteiger charge is -2.25. The molecule has 1 aromatic heterocycles. The van der Waals surface area contributed by atoms with Crippen LogP contribution in [0.15, 0.2) is 18.3 Å². The molecule has 0 aliphatic carbocycles. The Kier molecular flexibility index (Phi) is 6.81. The minimum absolute atomic E-state index is 0.0472. The van der Waals surface area contributed by atoms with Crippen molar-refractivity contribution in [2.24, 2.45) is 5.41 Å². The monoisotopic (exact) mass is 307 g/mol. The number of nitrogens with zero attached hydrogens (tertiary/aromatic N) is 2. The van der Waals surface area contributed by atoms with Crippen LogP contribution in [0, 0.1) is 5.41 Å². The van der Waals surface area contributed by atoms with Crippen molar-refractivity contribution in [3.8, 4) is 0 Å². The fourth-order valence-electron chi connectivity index (χ4n) is 2.42. The Morgan fingerprint density at radius 3 is 2.36 bits per heavy atom. The van der Waals surface area contributed by atoms with Gasteiger partial charge < -0.3 is 15.3 Å². The molecule has 1 rings (SSSR count). The maximum Gasteiger partial charge on any atom is 0.253 e. The van der Waals surface area contributed by atoms with E-state index in [1.165, 1.54) is 0 Å². The first-order chi connectivity index (χ1) is 10.3. The lowest BCUT2D eigenvalue weighted by atomic mass is 9.88. The minimum atomic E-state index is -0.241. The Balaban J connectivity index is 2.73. The molecule has 1 aromatic rings. The van der Waals surface area contributed by atoms with Crippen LogP contribution >= 0.6 is 0 Å². The van der Waals surface area contributed by atoms with E-state index < -0.39 is 0 Å². The quantitative estimate of drug-likeness (QED) is 0.812. The number of pyridine rings is 1. The highest BCUT2D eigenvalue weighted by molar-refractivity contribution is 5.94. The molecule has 1 heterocycles. The molecule has 0 aliphatic rings. The number of aliphatic hydroxyl groups excluding tert-OH is 1. The molecule has 1 atom stereocenters. The Bertz CT molecular complexity index is 462. The highest BCUT2D eigenvalue weighted by Crippen LogP contribution is 2.21. The third-order valence-electron chi connectivity index (χ3n) is 3.51. The van der Waals surface area contributed by atoms with Crippen molar-refractivity contribution in [1.29, 1.82) is 0 Å². The summed E-state index contributed by atoms with van der Waals surface area (Å²) in [7, 11) is 0. The van der Waals surface area contributed by atoms with Gasteiger partial charge in [0, 0.05) is 19.3 Å². The fraction of sp³-hybridized carbons (Fsp3) is 0.647. The van der Waals surface area contributed by atoms with Gasteiger partial charge in [-0.3, -0.25) is 4.79 Å². The van der Waals surface area contributed by atoms with E-state index in [1.54, 1.807) is 12.3 Å². The van der Waals surface area contributed by atoms with Crippen LogP contribution in [0.3, 0.4) is 0 Å². The van der Waals surface area contributed by atoms with Crippen LogP contribution in [0.1, 0.15) is 51.4 Å². The van der Waals surface area contributed by atoms with Crippen molar-refractivity contribution >= 4 is 11.7 Å². The maximum atomic E-state index is 12.2. The average Bonchev–Trinajstić information content (AvgIpc) is 2.47. The molecule has 0 radical (unpaired) electrons. The molecule has 2 N–H and O–H groups in total. The molecule has 0 bridgehead atoms.